The zero-order valence-electron chi connectivity index (χ0n) is 26.3. The fourth-order valence-corrected chi connectivity index (χ4v) is 7.89. The minimum atomic E-state index is -5.29. The molecule has 20 nitrogen and oxygen atoms in total. The van der Waals surface area contributed by atoms with Gasteiger partial charge in [0.1, 0.15) is 14.7 Å². The van der Waals surface area contributed by atoms with E-state index >= 15 is 0 Å². The first-order valence-corrected chi connectivity index (χ1v) is 20.5. The van der Waals surface area contributed by atoms with Gasteiger partial charge in [-0.25, -0.2) is 0 Å². The van der Waals surface area contributed by atoms with Crippen LogP contribution in [-0.4, -0.2) is 78.3 Å². The predicted molar refractivity (Wildman–Crippen MR) is 193 cm³/mol. The number of anilines is 5. The molecule has 1 aromatic heterocycles. The van der Waals surface area contributed by atoms with Crippen molar-refractivity contribution in [1.82, 2.24) is 15.0 Å². The normalized spacial score (nSPS) is 14.4. The molecule has 1 aliphatic rings. The summed E-state index contributed by atoms with van der Waals surface area (Å²) in [4.78, 5) is 21.4. The second-order valence-corrected chi connectivity index (χ2v) is 16.9. The molecule has 0 radical (unpaired) electrons. The summed E-state index contributed by atoms with van der Waals surface area (Å²) in [5.41, 5.74) is 0.861. The van der Waals surface area contributed by atoms with Crippen LogP contribution in [0.25, 0.3) is 16.8 Å². The molecule has 0 bridgehead atoms. The van der Waals surface area contributed by atoms with Crippen LogP contribution in [0.2, 0.25) is 5.28 Å². The maximum absolute atomic E-state index is 13.6. The van der Waals surface area contributed by atoms with E-state index in [2.05, 4.69) is 36.1 Å². The standard InChI is InChI=1S/C29H20ClN7O13S4/c30-27-33-28(31-16-4-2-1-3-5-16)35-29(34-27)32-17-6-7-19-14(8-17)11-24(54(48,49)50)25(26(19)38)37-36-21-13-20-15(10-23(21)53(45,46)47)9-18(51(39,40)41)12-22(20)52(42,43)44/h1-13,36H,(H,39,40,41)(H,42,43,44)(H,45,46,47)(H,48,49,50)(H2,31,32,33,34,35)/b37-25-. The van der Waals surface area contributed by atoms with Crippen LogP contribution in [0.1, 0.15) is 15.9 Å². The lowest BCUT2D eigenvalue weighted by molar-refractivity contribution is 0.106. The molecule has 1 aliphatic carbocycles. The number of aromatic nitrogens is 3. The fraction of sp³-hybridized carbons (Fsp3) is 0. The molecule has 0 atom stereocenters. The van der Waals surface area contributed by atoms with Crippen molar-refractivity contribution in [2.45, 2.75) is 14.7 Å². The summed E-state index contributed by atoms with van der Waals surface area (Å²) in [5.74, 6) is -1.11. The van der Waals surface area contributed by atoms with Crippen molar-refractivity contribution in [2.24, 2.45) is 5.10 Å². The number of nitrogens with zero attached hydrogens (tertiary/aromatic N) is 4. The third kappa shape index (κ3) is 8.20. The molecule has 0 fully saturated rings. The highest BCUT2D eigenvalue weighted by molar-refractivity contribution is 7.91. The van der Waals surface area contributed by atoms with Gasteiger partial charge in [0.25, 0.3) is 40.5 Å². The molecule has 0 unspecified atom stereocenters. The van der Waals surface area contributed by atoms with E-state index in [1.165, 1.54) is 18.2 Å². The van der Waals surface area contributed by atoms with E-state index in [1.807, 2.05) is 0 Å². The van der Waals surface area contributed by atoms with Crippen molar-refractivity contribution in [3.63, 3.8) is 0 Å². The maximum atomic E-state index is 13.6. The number of fused-ring (bicyclic) bond motifs is 2. The van der Waals surface area contributed by atoms with E-state index in [4.69, 9.17) is 11.6 Å². The number of allylic oxidation sites excluding steroid dienone is 1. The van der Waals surface area contributed by atoms with Gasteiger partial charge in [-0.2, -0.15) is 53.7 Å². The summed E-state index contributed by atoms with van der Waals surface area (Å²) in [6.45, 7) is 0. The molecule has 4 aromatic carbocycles. The lowest BCUT2D eigenvalue weighted by atomic mass is 9.94. The first-order chi connectivity index (χ1) is 25.1. The van der Waals surface area contributed by atoms with E-state index in [0.29, 0.717) is 30.0 Å². The molecule has 25 heteroatoms. The maximum Gasteiger partial charge on any atom is 0.296 e. The third-order valence-corrected chi connectivity index (χ3v) is 11.0. The number of nitrogens with one attached hydrogen (secondary N) is 3. The summed E-state index contributed by atoms with van der Waals surface area (Å²) in [5, 5.41) is 8.15. The van der Waals surface area contributed by atoms with Crippen LogP contribution in [-0.2, 0) is 40.5 Å². The molecule has 6 rings (SSSR count). The largest absolute Gasteiger partial charge is 0.324 e. The third-order valence-electron chi connectivity index (χ3n) is 7.33. The van der Waals surface area contributed by atoms with E-state index in [0.717, 1.165) is 6.08 Å². The number of hydrazone groups is 1. The lowest BCUT2D eigenvalue weighted by Crippen LogP contribution is -2.27. The molecular weight excluding hydrogens is 818 g/mol. The van der Waals surface area contributed by atoms with E-state index in [1.54, 1.807) is 30.3 Å². The van der Waals surface area contributed by atoms with Crippen LogP contribution in [0.4, 0.5) is 29.0 Å². The monoisotopic (exact) mass is 837 g/mol. The van der Waals surface area contributed by atoms with Gasteiger partial charge in [-0.1, -0.05) is 18.2 Å². The Morgan fingerprint density at radius 1 is 0.648 bits per heavy atom. The number of Topliss-reactive ketones (excluding diaryl/α,β-unsaturated/α-hetero) is 1. The highest BCUT2D eigenvalue weighted by atomic mass is 35.5. The summed E-state index contributed by atoms with van der Waals surface area (Å²) >= 11 is 6.06. The number of carbonyl (C=O) groups is 1. The zero-order valence-corrected chi connectivity index (χ0v) is 30.3. The van der Waals surface area contributed by atoms with Crippen molar-refractivity contribution in [3.8, 4) is 0 Å². The predicted octanol–water partition coefficient (Wildman–Crippen LogP) is 3.80. The van der Waals surface area contributed by atoms with Crippen LogP contribution < -0.4 is 16.1 Å². The number of halogens is 1. The first kappa shape index (κ1) is 38.3. The van der Waals surface area contributed by atoms with Gasteiger partial charge in [0, 0.05) is 22.3 Å². The molecule has 5 aromatic rings. The number of carbonyl (C=O) groups excluding carboxylic acids is 1. The average Bonchev–Trinajstić information content (AvgIpc) is 3.05. The Morgan fingerprint density at radius 3 is 1.87 bits per heavy atom. The topological polar surface area (TPSA) is 322 Å². The SMILES string of the molecule is O=C1/C(=N\Nc2cc3c(S(=O)(=O)O)cc(S(=O)(=O)O)cc3cc2S(=O)(=O)O)C(S(=O)(=O)O)=Cc2cc(Nc3nc(Cl)nc(Nc4ccccc4)n3)ccc21. The van der Waals surface area contributed by atoms with Crippen LogP contribution in [0, 0.1) is 0 Å². The summed E-state index contributed by atoms with van der Waals surface area (Å²) < 4.78 is 137. The smallest absolute Gasteiger partial charge is 0.296 e. The highest BCUT2D eigenvalue weighted by Gasteiger charge is 2.33. The number of hydrogen-bond acceptors (Lipinski definition) is 16. The van der Waals surface area contributed by atoms with Crippen molar-refractivity contribution < 1.29 is 56.7 Å². The Bertz CT molecular complexity index is 2950. The van der Waals surface area contributed by atoms with Crippen LogP contribution >= 0.6 is 11.6 Å². The van der Waals surface area contributed by atoms with Crippen LogP contribution in [0.15, 0.2) is 97.5 Å². The summed E-state index contributed by atoms with van der Waals surface area (Å²) in [6.07, 6.45) is 0.859. The molecule has 280 valence electrons. The van der Waals surface area contributed by atoms with Crippen molar-refractivity contribution >= 4 is 109 Å². The van der Waals surface area contributed by atoms with Crippen molar-refractivity contribution in [2.75, 3.05) is 16.1 Å². The minimum Gasteiger partial charge on any atom is -0.324 e. The van der Waals surface area contributed by atoms with E-state index in [-0.39, 0.29) is 34.0 Å². The van der Waals surface area contributed by atoms with Gasteiger partial charge >= 0.3 is 0 Å². The molecule has 0 saturated heterocycles. The van der Waals surface area contributed by atoms with Gasteiger partial charge in [-0.05, 0) is 83.2 Å². The Hall–Kier alpha value is -5.44. The molecule has 0 spiro atoms. The molecule has 0 aliphatic heterocycles. The number of rotatable bonds is 10. The van der Waals surface area contributed by atoms with Crippen LogP contribution in [0.5, 0.6) is 0 Å². The highest BCUT2D eigenvalue weighted by Crippen LogP contribution is 2.35. The van der Waals surface area contributed by atoms with E-state index < -0.39 is 88.0 Å². The summed E-state index contributed by atoms with van der Waals surface area (Å²) in [6, 6.07) is 14.9. The van der Waals surface area contributed by atoms with Gasteiger partial charge < -0.3 is 10.6 Å². The first-order valence-electron chi connectivity index (χ1n) is 14.3. The van der Waals surface area contributed by atoms with Crippen molar-refractivity contribution in [1.29, 1.82) is 0 Å². The van der Waals surface area contributed by atoms with Crippen LogP contribution in [0.3, 0.4) is 0 Å². The fourth-order valence-electron chi connectivity index (χ4n) is 5.07. The number of benzene rings is 4. The second kappa shape index (κ2) is 13.8. The van der Waals surface area contributed by atoms with E-state index in [9.17, 15) is 56.7 Å². The molecule has 1 heterocycles. The average molecular weight is 838 g/mol. The Morgan fingerprint density at radius 2 is 1.28 bits per heavy atom. The van der Waals surface area contributed by atoms with Gasteiger partial charge in [0.2, 0.25) is 23.0 Å². The Kier molecular flexibility index (Phi) is 9.76. The number of ketones is 1. The van der Waals surface area contributed by atoms with Crippen molar-refractivity contribution in [3.05, 3.63) is 94.1 Å². The number of hydrogen-bond donors (Lipinski definition) is 7. The Labute approximate surface area is 309 Å². The van der Waals surface area contributed by atoms with Gasteiger partial charge in [-0.3, -0.25) is 28.4 Å². The van der Waals surface area contributed by atoms with Gasteiger partial charge in [0.05, 0.1) is 10.6 Å². The Balaban J connectivity index is 1.40. The van der Waals surface area contributed by atoms with Gasteiger partial charge in [-0.15, -0.1) is 0 Å². The molecule has 0 saturated carbocycles. The number of para-hydroxylation sites is 1. The zero-order chi connectivity index (χ0) is 39.4. The molecular formula is C29H20ClN7O13S4. The summed E-state index contributed by atoms with van der Waals surface area (Å²) in [7, 11) is -20.9. The minimum absolute atomic E-state index is 0.0580. The van der Waals surface area contributed by atoms with Gasteiger partial charge in [0.15, 0.2) is 5.71 Å². The quantitative estimate of drug-likeness (QED) is 0.0777. The lowest BCUT2D eigenvalue weighted by Gasteiger charge is -2.18. The second-order valence-electron chi connectivity index (χ2n) is 11.0. The molecule has 54 heavy (non-hydrogen) atoms. The molecule has 0 amide bonds. The molecule has 7 N–H and O–H groups in total.